The zero-order chi connectivity index (χ0) is 10.7. The first-order chi connectivity index (χ1) is 6.61. The van der Waals surface area contributed by atoms with Gasteiger partial charge < -0.3 is 14.9 Å². The van der Waals surface area contributed by atoms with Crippen LogP contribution in [0.4, 0.5) is 0 Å². The van der Waals surface area contributed by atoms with E-state index in [4.69, 9.17) is 16.3 Å². The fourth-order valence-corrected chi connectivity index (χ4v) is 1.20. The summed E-state index contributed by atoms with van der Waals surface area (Å²) in [4.78, 5) is 11.2. The van der Waals surface area contributed by atoms with E-state index < -0.39 is 11.5 Å². The minimum absolute atomic E-state index is 0.0367. The number of hydrogen-bond acceptors (Lipinski definition) is 4. The molecule has 0 saturated carbocycles. The van der Waals surface area contributed by atoms with E-state index in [-0.39, 0.29) is 22.9 Å². The smallest absolute Gasteiger partial charge is 0.203 e. The Kier molecular flexibility index (Phi) is 3.19. The number of hydrogen-bond donors (Lipinski definition) is 2. The molecule has 5 heteroatoms. The lowest BCUT2D eigenvalue weighted by Crippen LogP contribution is -2.01. The van der Waals surface area contributed by atoms with Crippen molar-refractivity contribution in [2.24, 2.45) is 0 Å². The number of halogens is 1. The summed E-state index contributed by atoms with van der Waals surface area (Å²) in [6, 6.07) is 2.55. The second kappa shape index (κ2) is 4.19. The number of rotatable bonds is 3. The van der Waals surface area contributed by atoms with Gasteiger partial charge in [0.15, 0.2) is 17.3 Å². The Morgan fingerprint density at radius 2 is 2.14 bits per heavy atom. The highest BCUT2D eigenvalue weighted by molar-refractivity contribution is 6.30. The van der Waals surface area contributed by atoms with Gasteiger partial charge in [0.25, 0.3) is 0 Å². The Balaban J connectivity index is 3.28. The second-order valence-corrected chi connectivity index (χ2v) is 2.84. The number of benzene rings is 1. The number of carbonyl (C=O) groups excluding carboxylic acids is 1. The number of Topliss-reactive ketones (excluding diaryl/α,β-unsaturated/α-hetero) is 1. The van der Waals surface area contributed by atoms with Gasteiger partial charge in [0, 0.05) is 0 Å². The van der Waals surface area contributed by atoms with Crippen molar-refractivity contribution in [3.05, 3.63) is 17.7 Å². The molecule has 1 aromatic carbocycles. The molecule has 0 heterocycles. The van der Waals surface area contributed by atoms with E-state index in [1.165, 1.54) is 19.2 Å². The topological polar surface area (TPSA) is 66.8 Å². The minimum atomic E-state index is -0.428. The molecule has 1 rings (SSSR count). The summed E-state index contributed by atoms with van der Waals surface area (Å²) in [5.74, 6) is -1.40. The van der Waals surface area contributed by atoms with E-state index in [1.54, 1.807) is 0 Å². The van der Waals surface area contributed by atoms with Crippen LogP contribution in [-0.4, -0.2) is 29.0 Å². The highest BCUT2D eigenvalue weighted by Crippen LogP contribution is 2.38. The highest BCUT2D eigenvalue weighted by Gasteiger charge is 2.17. The summed E-state index contributed by atoms with van der Waals surface area (Å²) in [5.41, 5.74) is 0.0367. The van der Waals surface area contributed by atoms with Crippen molar-refractivity contribution in [3.8, 4) is 17.2 Å². The highest BCUT2D eigenvalue weighted by atomic mass is 35.5. The van der Waals surface area contributed by atoms with Crippen LogP contribution >= 0.6 is 11.6 Å². The molecular weight excluding hydrogens is 208 g/mol. The van der Waals surface area contributed by atoms with Crippen molar-refractivity contribution >= 4 is 17.4 Å². The van der Waals surface area contributed by atoms with E-state index in [1.807, 2.05) is 0 Å². The Morgan fingerprint density at radius 3 is 2.64 bits per heavy atom. The first kappa shape index (κ1) is 10.7. The van der Waals surface area contributed by atoms with Crippen LogP contribution in [-0.2, 0) is 0 Å². The first-order valence-electron chi connectivity index (χ1n) is 3.80. The van der Waals surface area contributed by atoms with Gasteiger partial charge in [-0.05, 0) is 12.1 Å². The van der Waals surface area contributed by atoms with Crippen LogP contribution in [0.5, 0.6) is 17.2 Å². The third-order valence-electron chi connectivity index (χ3n) is 1.74. The maximum absolute atomic E-state index is 11.2. The van der Waals surface area contributed by atoms with Gasteiger partial charge in [0.1, 0.15) is 0 Å². The van der Waals surface area contributed by atoms with Crippen molar-refractivity contribution in [3.63, 3.8) is 0 Å². The fourth-order valence-electron chi connectivity index (χ4n) is 1.06. The van der Waals surface area contributed by atoms with Gasteiger partial charge in [-0.1, -0.05) is 0 Å². The maximum atomic E-state index is 11.2. The average molecular weight is 217 g/mol. The van der Waals surface area contributed by atoms with Crippen LogP contribution in [0.1, 0.15) is 10.4 Å². The van der Waals surface area contributed by atoms with Crippen LogP contribution in [0.25, 0.3) is 0 Å². The van der Waals surface area contributed by atoms with Crippen molar-refractivity contribution in [1.29, 1.82) is 0 Å². The summed E-state index contributed by atoms with van der Waals surface area (Å²) in [7, 11) is 1.28. The molecule has 0 unspecified atom stereocenters. The van der Waals surface area contributed by atoms with Crippen molar-refractivity contribution in [2.45, 2.75) is 0 Å². The molecule has 0 spiro atoms. The van der Waals surface area contributed by atoms with Crippen molar-refractivity contribution in [1.82, 2.24) is 0 Å². The Morgan fingerprint density at radius 1 is 1.50 bits per heavy atom. The lowest BCUT2D eigenvalue weighted by atomic mass is 10.1. The molecule has 0 fully saturated rings. The van der Waals surface area contributed by atoms with Gasteiger partial charge in [0.05, 0.1) is 18.6 Å². The molecule has 0 saturated heterocycles. The number of phenolic OH excluding ortho intramolecular Hbond substituents is 2. The molecule has 0 atom stereocenters. The lowest BCUT2D eigenvalue weighted by Gasteiger charge is -2.08. The molecule has 76 valence electrons. The van der Waals surface area contributed by atoms with Gasteiger partial charge in [-0.25, -0.2) is 0 Å². The summed E-state index contributed by atoms with van der Waals surface area (Å²) in [6.45, 7) is 0. The summed E-state index contributed by atoms with van der Waals surface area (Å²) < 4.78 is 4.72. The number of phenols is 2. The predicted octanol–water partition coefficient (Wildman–Crippen LogP) is 1.53. The number of ketones is 1. The molecule has 0 aliphatic carbocycles. The normalized spacial score (nSPS) is 9.86. The molecule has 0 aliphatic heterocycles. The van der Waals surface area contributed by atoms with Crippen LogP contribution in [0.3, 0.4) is 0 Å². The predicted molar refractivity (Wildman–Crippen MR) is 51.4 cm³/mol. The van der Waals surface area contributed by atoms with Crippen LogP contribution in [0, 0.1) is 0 Å². The molecular formula is C9H9ClO4. The Labute approximate surface area is 85.7 Å². The number of carbonyl (C=O) groups is 1. The molecule has 2 N–H and O–H groups in total. The fraction of sp³-hybridized carbons (Fsp3) is 0.222. The summed E-state index contributed by atoms with van der Waals surface area (Å²) in [5, 5.41) is 18.7. The third-order valence-corrected chi connectivity index (χ3v) is 1.98. The van der Waals surface area contributed by atoms with Gasteiger partial charge in [0.2, 0.25) is 5.75 Å². The van der Waals surface area contributed by atoms with E-state index in [9.17, 15) is 15.0 Å². The van der Waals surface area contributed by atoms with E-state index >= 15 is 0 Å². The largest absolute Gasteiger partial charge is 0.504 e. The van der Waals surface area contributed by atoms with Crippen LogP contribution in [0.2, 0.25) is 0 Å². The Bertz CT molecular complexity index is 362. The molecule has 4 nitrogen and oxygen atoms in total. The molecule has 14 heavy (non-hydrogen) atoms. The molecule has 0 radical (unpaired) electrons. The molecule has 1 aromatic rings. The molecule has 0 amide bonds. The third kappa shape index (κ3) is 1.75. The van der Waals surface area contributed by atoms with Crippen molar-refractivity contribution < 1.29 is 19.7 Å². The number of alkyl halides is 1. The second-order valence-electron chi connectivity index (χ2n) is 2.57. The van der Waals surface area contributed by atoms with E-state index in [2.05, 4.69) is 0 Å². The quantitative estimate of drug-likeness (QED) is 0.594. The monoisotopic (exact) mass is 216 g/mol. The van der Waals surface area contributed by atoms with Crippen LogP contribution < -0.4 is 4.74 Å². The van der Waals surface area contributed by atoms with E-state index in [0.717, 1.165) is 0 Å². The van der Waals surface area contributed by atoms with Gasteiger partial charge >= 0.3 is 0 Å². The summed E-state index contributed by atoms with van der Waals surface area (Å²) >= 11 is 5.33. The molecule has 0 bridgehead atoms. The molecule has 0 aliphatic rings. The van der Waals surface area contributed by atoms with Gasteiger partial charge in [-0.2, -0.15) is 0 Å². The zero-order valence-electron chi connectivity index (χ0n) is 7.45. The lowest BCUT2D eigenvalue weighted by molar-refractivity contribution is 0.101. The standard InChI is InChI=1S/C9H9ClO4/c1-14-9-6(11)3-2-5(8(9)13)7(12)4-10/h2-3,11,13H,4H2,1H3. The minimum Gasteiger partial charge on any atom is -0.504 e. The van der Waals surface area contributed by atoms with Gasteiger partial charge in [-0.15, -0.1) is 11.6 Å². The Hall–Kier alpha value is -1.42. The van der Waals surface area contributed by atoms with Crippen molar-refractivity contribution in [2.75, 3.05) is 13.0 Å². The number of aromatic hydroxyl groups is 2. The maximum Gasteiger partial charge on any atom is 0.203 e. The van der Waals surface area contributed by atoms with Crippen LogP contribution in [0.15, 0.2) is 12.1 Å². The number of methoxy groups -OCH3 is 1. The zero-order valence-corrected chi connectivity index (χ0v) is 8.21. The van der Waals surface area contributed by atoms with E-state index in [0.29, 0.717) is 0 Å². The first-order valence-corrected chi connectivity index (χ1v) is 4.33. The average Bonchev–Trinajstić information content (AvgIpc) is 2.18. The molecule has 0 aromatic heterocycles. The van der Waals surface area contributed by atoms with Gasteiger partial charge in [-0.3, -0.25) is 4.79 Å². The summed E-state index contributed by atoms with van der Waals surface area (Å²) in [6.07, 6.45) is 0. The number of ether oxygens (including phenoxy) is 1. The SMILES string of the molecule is COc1c(O)ccc(C(=O)CCl)c1O.